The smallest absolute Gasteiger partial charge is 0.341 e. The molecule has 0 amide bonds. The topological polar surface area (TPSA) is 68.2 Å². The van der Waals surface area contributed by atoms with Gasteiger partial charge in [-0.15, -0.1) is 0 Å². The molecule has 6 heteroatoms. The van der Waals surface area contributed by atoms with Crippen molar-refractivity contribution in [3.05, 3.63) is 59.8 Å². The Balaban J connectivity index is 2.13. The SMILES string of the molecule is CCOC(=O)c1cnc2c(C)cccc2c1N(C)Cc1cnccn1. The summed E-state index contributed by atoms with van der Waals surface area (Å²) in [5, 5.41) is 0.914. The van der Waals surface area contributed by atoms with Crippen LogP contribution >= 0.6 is 0 Å². The quantitative estimate of drug-likeness (QED) is 0.667. The molecule has 25 heavy (non-hydrogen) atoms. The number of para-hydroxylation sites is 1. The Morgan fingerprint density at radius 1 is 1.20 bits per heavy atom. The summed E-state index contributed by atoms with van der Waals surface area (Å²) in [6.45, 7) is 4.64. The van der Waals surface area contributed by atoms with Crippen LogP contribution in [0.15, 0.2) is 43.0 Å². The van der Waals surface area contributed by atoms with Gasteiger partial charge in [0.2, 0.25) is 0 Å². The van der Waals surface area contributed by atoms with Crippen LogP contribution in [0.1, 0.15) is 28.5 Å². The molecule has 1 aromatic carbocycles. The van der Waals surface area contributed by atoms with Gasteiger partial charge >= 0.3 is 5.97 Å². The molecule has 0 atom stereocenters. The number of anilines is 1. The average Bonchev–Trinajstić information content (AvgIpc) is 2.62. The van der Waals surface area contributed by atoms with Gasteiger partial charge in [-0.25, -0.2) is 4.79 Å². The summed E-state index contributed by atoms with van der Waals surface area (Å²) in [6, 6.07) is 5.94. The molecule has 6 nitrogen and oxygen atoms in total. The minimum atomic E-state index is -0.376. The highest BCUT2D eigenvalue weighted by Crippen LogP contribution is 2.31. The van der Waals surface area contributed by atoms with Gasteiger partial charge in [0.05, 0.1) is 36.2 Å². The first-order valence-electron chi connectivity index (χ1n) is 8.13. The normalized spacial score (nSPS) is 10.7. The molecule has 2 heterocycles. The van der Waals surface area contributed by atoms with E-state index in [9.17, 15) is 4.79 Å². The second kappa shape index (κ2) is 7.25. The number of fused-ring (bicyclic) bond motifs is 1. The van der Waals surface area contributed by atoms with Gasteiger partial charge < -0.3 is 9.64 Å². The lowest BCUT2D eigenvalue weighted by atomic mass is 10.0. The van der Waals surface area contributed by atoms with E-state index in [0.29, 0.717) is 18.7 Å². The third-order valence-corrected chi connectivity index (χ3v) is 3.96. The number of pyridine rings is 1. The molecule has 0 saturated heterocycles. The third-order valence-electron chi connectivity index (χ3n) is 3.96. The number of esters is 1. The van der Waals surface area contributed by atoms with Crippen LogP contribution in [0, 0.1) is 6.92 Å². The van der Waals surface area contributed by atoms with E-state index < -0.39 is 0 Å². The maximum Gasteiger partial charge on any atom is 0.341 e. The van der Waals surface area contributed by atoms with Gasteiger partial charge in [-0.05, 0) is 19.4 Å². The van der Waals surface area contributed by atoms with Crippen molar-refractivity contribution in [2.75, 3.05) is 18.6 Å². The minimum Gasteiger partial charge on any atom is -0.462 e. The number of ether oxygens (including phenoxy) is 1. The lowest BCUT2D eigenvalue weighted by Crippen LogP contribution is -2.21. The van der Waals surface area contributed by atoms with Crippen LogP contribution in [0.4, 0.5) is 5.69 Å². The zero-order chi connectivity index (χ0) is 17.8. The molecule has 0 aliphatic carbocycles. The molecule has 0 radical (unpaired) electrons. The van der Waals surface area contributed by atoms with Crippen molar-refractivity contribution in [1.29, 1.82) is 0 Å². The largest absolute Gasteiger partial charge is 0.462 e. The number of nitrogens with zero attached hydrogens (tertiary/aromatic N) is 4. The highest BCUT2D eigenvalue weighted by Gasteiger charge is 2.20. The Labute approximate surface area is 146 Å². The summed E-state index contributed by atoms with van der Waals surface area (Å²) < 4.78 is 5.21. The number of rotatable bonds is 5. The van der Waals surface area contributed by atoms with E-state index >= 15 is 0 Å². The molecule has 0 saturated carbocycles. The minimum absolute atomic E-state index is 0.317. The van der Waals surface area contributed by atoms with Crippen molar-refractivity contribution >= 4 is 22.6 Å². The molecular weight excluding hydrogens is 316 g/mol. The molecule has 3 aromatic rings. The number of aryl methyl sites for hydroxylation is 1. The number of benzene rings is 1. The number of carbonyl (C=O) groups excluding carboxylic acids is 1. The van der Waals surface area contributed by atoms with Gasteiger partial charge in [-0.1, -0.05) is 18.2 Å². The number of hydrogen-bond donors (Lipinski definition) is 0. The van der Waals surface area contributed by atoms with Crippen molar-refractivity contribution in [3.8, 4) is 0 Å². The van der Waals surface area contributed by atoms with Crippen LogP contribution in [0.2, 0.25) is 0 Å². The Morgan fingerprint density at radius 3 is 2.76 bits per heavy atom. The first-order chi connectivity index (χ1) is 12.1. The summed E-state index contributed by atoms with van der Waals surface area (Å²) >= 11 is 0. The van der Waals surface area contributed by atoms with Crippen LogP contribution in [0.5, 0.6) is 0 Å². The van der Waals surface area contributed by atoms with Gasteiger partial charge in [0.1, 0.15) is 5.56 Å². The van der Waals surface area contributed by atoms with Gasteiger partial charge in [-0.2, -0.15) is 0 Å². The molecule has 0 N–H and O–H groups in total. The zero-order valence-corrected chi connectivity index (χ0v) is 14.6. The van der Waals surface area contributed by atoms with Gasteiger partial charge in [0.25, 0.3) is 0 Å². The highest BCUT2D eigenvalue weighted by molar-refractivity contribution is 6.05. The van der Waals surface area contributed by atoms with E-state index in [1.165, 1.54) is 0 Å². The highest BCUT2D eigenvalue weighted by atomic mass is 16.5. The molecule has 0 unspecified atom stereocenters. The molecule has 0 fully saturated rings. The van der Waals surface area contributed by atoms with Crippen molar-refractivity contribution < 1.29 is 9.53 Å². The van der Waals surface area contributed by atoms with Crippen molar-refractivity contribution in [2.45, 2.75) is 20.4 Å². The lowest BCUT2D eigenvalue weighted by Gasteiger charge is -2.23. The second-order valence-electron chi connectivity index (χ2n) is 5.76. The number of aromatic nitrogens is 3. The average molecular weight is 336 g/mol. The van der Waals surface area contributed by atoms with Crippen molar-refractivity contribution in [2.24, 2.45) is 0 Å². The number of carbonyl (C=O) groups is 1. The summed E-state index contributed by atoms with van der Waals surface area (Å²) in [6.07, 6.45) is 6.61. The summed E-state index contributed by atoms with van der Waals surface area (Å²) in [4.78, 5) is 27.3. The van der Waals surface area contributed by atoms with E-state index in [-0.39, 0.29) is 5.97 Å². The third kappa shape index (κ3) is 3.42. The van der Waals surface area contributed by atoms with Crippen LogP contribution < -0.4 is 4.90 Å². The van der Waals surface area contributed by atoms with Crippen LogP contribution in [0.3, 0.4) is 0 Å². The molecule has 0 bridgehead atoms. The zero-order valence-electron chi connectivity index (χ0n) is 14.6. The molecule has 0 aliphatic heterocycles. The second-order valence-corrected chi connectivity index (χ2v) is 5.76. The fourth-order valence-electron chi connectivity index (χ4n) is 2.86. The van der Waals surface area contributed by atoms with Crippen molar-refractivity contribution in [3.63, 3.8) is 0 Å². The predicted molar refractivity (Wildman–Crippen MR) is 96.6 cm³/mol. The van der Waals surface area contributed by atoms with E-state index in [1.54, 1.807) is 31.7 Å². The molecule has 3 rings (SSSR count). The molecule has 0 spiro atoms. The van der Waals surface area contributed by atoms with Crippen molar-refractivity contribution in [1.82, 2.24) is 15.0 Å². The summed E-state index contributed by atoms with van der Waals surface area (Å²) in [5.41, 5.74) is 3.99. The molecule has 2 aromatic heterocycles. The fraction of sp³-hybridized carbons (Fsp3) is 0.263. The van der Waals surface area contributed by atoms with E-state index in [2.05, 4.69) is 15.0 Å². The number of hydrogen-bond acceptors (Lipinski definition) is 6. The van der Waals surface area contributed by atoms with Crippen LogP contribution in [0.25, 0.3) is 10.9 Å². The maximum absolute atomic E-state index is 12.4. The Bertz CT molecular complexity index is 897. The standard InChI is InChI=1S/C19H20N4O2/c1-4-25-19(24)16-11-22-17-13(2)6-5-7-15(17)18(16)23(3)12-14-10-20-8-9-21-14/h5-11H,4,12H2,1-3H3. The van der Waals surface area contributed by atoms with Gasteiger partial charge in [-0.3, -0.25) is 15.0 Å². The van der Waals surface area contributed by atoms with Gasteiger partial charge in [0, 0.05) is 31.0 Å². The van der Waals surface area contributed by atoms with E-state index in [4.69, 9.17) is 4.74 Å². The molecule has 0 aliphatic rings. The Kier molecular flexibility index (Phi) is 4.88. The Hall–Kier alpha value is -3.02. The Morgan fingerprint density at radius 2 is 2.04 bits per heavy atom. The van der Waals surface area contributed by atoms with Crippen LogP contribution in [-0.4, -0.2) is 34.6 Å². The van der Waals surface area contributed by atoms with Gasteiger partial charge in [0.15, 0.2) is 0 Å². The molecular formula is C19H20N4O2. The summed E-state index contributed by atoms with van der Waals surface area (Å²) in [7, 11) is 1.93. The summed E-state index contributed by atoms with van der Waals surface area (Å²) in [5.74, 6) is -0.376. The monoisotopic (exact) mass is 336 g/mol. The maximum atomic E-state index is 12.4. The first kappa shape index (κ1) is 16.8. The van der Waals surface area contributed by atoms with E-state index in [0.717, 1.165) is 27.8 Å². The predicted octanol–water partition coefficient (Wildman–Crippen LogP) is 3.15. The fourth-order valence-corrected chi connectivity index (χ4v) is 2.86. The first-order valence-corrected chi connectivity index (χ1v) is 8.13. The van der Waals surface area contributed by atoms with E-state index in [1.807, 2.05) is 37.1 Å². The molecule has 128 valence electrons. The van der Waals surface area contributed by atoms with Crippen LogP contribution in [-0.2, 0) is 11.3 Å². The lowest BCUT2D eigenvalue weighted by molar-refractivity contribution is 0.0527.